The Morgan fingerprint density at radius 3 is 2.62 bits per heavy atom. The number of nitrogens with one attached hydrogen (secondary N) is 1. The molecule has 34 heavy (non-hydrogen) atoms. The van der Waals surface area contributed by atoms with Crippen molar-refractivity contribution in [2.24, 2.45) is 0 Å². The second-order valence-corrected chi connectivity index (χ2v) is 8.74. The van der Waals surface area contributed by atoms with Crippen molar-refractivity contribution in [2.75, 3.05) is 11.9 Å². The maximum absolute atomic E-state index is 12.7. The number of hydrogen-bond acceptors (Lipinski definition) is 6. The van der Waals surface area contributed by atoms with E-state index in [-0.39, 0.29) is 18.2 Å². The molecule has 0 fully saturated rings. The molecule has 4 rings (SSSR count). The second kappa shape index (κ2) is 9.80. The van der Waals surface area contributed by atoms with Gasteiger partial charge in [0.25, 0.3) is 0 Å². The molecular weight excluding hydrogens is 469 g/mol. The van der Waals surface area contributed by atoms with Gasteiger partial charge >= 0.3 is 6.18 Å². The molecule has 2 unspecified atom stereocenters. The highest BCUT2D eigenvalue weighted by Crippen LogP contribution is 2.36. The molecule has 1 N–H and O–H groups in total. The standard InChI is InChI=1S/C23H21F3N4O3S/c1-3-12-30-20(19-13-32-17-6-4-5-7-18(17)33-19)28-29-22(30)34-14(2)21(31)27-16-10-8-15(9-11-16)23(24,25)26/h3-11,14,19H,1,12-13H2,2H3,(H,27,31). The lowest BCUT2D eigenvalue weighted by atomic mass is 10.2. The summed E-state index contributed by atoms with van der Waals surface area (Å²) in [4.78, 5) is 12.6. The van der Waals surface area contributed by atoms with Gasteiger partial charge in [0.1, 0.15) is 6.61 Å². The van der Waals surface area contributed by atoms with Crippen LogP contribution in [-0.2, 0) is 17.5 Å². The first-order valence-electron chi connectivity index (χ1n) is 10.3. The molecule has 1 aliphatic heterocycles. The SMILES string of the molecule is C=CCn1c(SC(C)C(=O)Nc2ccc(C(F)(F)F)cc2)nnc1C1COc2ccccc2O1. The van der Waals surface area contributed by atoms with Crippen molar-refractivity contribution in [3.05, 3.63) is 72.6 Å². The van der Waals surface area contributed by atoms with Gasteiger partial charge in [0, 0.05) is 12.2 Å². The quantitative estimate of drug-likeness (QED) is 0.366. The molecule has 3 aromatic rings. The summed E-state index contributed by atoms with van der Waals surface area (Å²) in [6, 6.07) is 11.6. The van der Waals surface area contributed by atoms with Crippen LogP contribution in [0.2, 0.25) is 0 Å². The van der Waals surface area contributed by atoms with E-state index < -0.39 is 23.1 Å². The van der Waals surface area contributed by atoms with Crippen molar-refractivity contribution in [2.45, 2.75) is 36.2 Å². The van der Waals surface area contributed by atoms with Crippen LogP contribution in [0, 0.1) is 0 Å². The molecule has 2 heterocycles. The van der Waals surface area contributed by atoms with Gasteiger partial charge in [0.05, 0.1) is 10.8 Å². The third-order valence-corrected chi connectivity index (χ3v) is 6.07. The summed E-state index contributed by atoms with van der Waals surface area (Å²) < 4.78 is 51.8. The average molecular weight is 491 g/mol. The number of carbonyl (C=O) groups is 1. The Morgan fingerprint density at radius 2 is 1.94 bits per heavy atom. The van der Waals surface area contributed by atoms with Gasteiger partial charge in [-0.1, -0.05) is 30.0 Å². The highest BCUT2D eigenvalue weighted by molar-refractivity contribution is 8.00. The average Bonchev–Trinajstić information content (AvgIpc) is 3.20. The van der Waals surface area contributed by atoms with Crippen LogP contribution in [0.5, 0.6) is 11.5 Å². The third-order valence-electron chi connectivity index (χ3n) is 4.98. The van der Waals surface area contributed by atoms with Crippen LogP contribution in [0.15, 0.2) is 66.3 Å². The molecule has 0 bridgehead atoms. The number of halogens is 3. The Kier molecular flexibility index (Phi) is 6.82. The predicted octanol–water partition coefficient (Wildman–Crippen LogP) is 5.11. The summed E-state index contributed by atoms with van der Waals surface area (Å²) in [5, 5.41) is 11.0. The predicted molar refractivity (Wildman–Crippen MR) is 121 cm³/mol. The van der Waals surface area contributed by atoms with Crippen LogP contribution in [0.1, 0.15) is 24.4 Å². The number of fused-ring (bicyclic) bond motifs is 1. The van der Waals surface area contributed by atoms with Crippen molar-refractivity contribution in [3.8, 4) is 11.5 Å². The number of benzene rings is 2. The number of amides is 1. The molecular formula is C23H21F3N4O3S. The Balaban J connectivity index is 1.45. The fourth-order valence-corrected chi connectivity index (χ4v) is 4.14. The van der Waals surface area contributed by atoms with Crippen molar-refractivity contribution in [1.82, 2.24) is 14.8 Å². The van der Waals surface area contributed by atoms with Gasteiger partial charge in [-0.15, -0.1) is 16.8 Å². The molecule has 2 aromatic carbocycles. The monoisotopic (exact) mass is 490 g/mol. The third kappa shape index (κ3) is 5.19. The zero-order chi connectivity index (χ0) is 24.3. The number of rotatable bonds is 7. The summed E-state index contributed by atoms with van der Waals surface area (Å²) >= 11 is 1.17. The van der Waals surface area contributed by atoms with E-state index in [1.807, 2.05) is 18.2 Å². The van der Waals surface area contributed by atoms with Gasteiger partial charge < -0.3 is 14.8 Å². The number of aromatic nitrogens is 3. The van der Waals surface area contributed by atoms with Gasteiger partial charge in [-0.25, -0.2) is 0 Å². The fourth-order valence-electron chi connectivity index (χ4n) is 3.27. The van der Waals surface area contributed by atoms with Crippen LogP contribution >= 0.6 is 11.8 Å². The van der Waals surface area contributed by atoms with E-state index in [0.717, 1.165) is 12.1 Å². The minimum atomic E-state index is -4.44. The van der Waals surface area contributed by atoms with Crippen molar-refractivity contribution in [1.29, 1.82) is 0 Å². The lowest BCUT2D eigenvalue weighted by Crippen LogP contribution is -2.25. The lowest BCUT2D eigenvalue weighted by Gasteiger charge is -2.26. The number of nitrogens with zero attached hydrogens (tertiary/aromatic N) is 3. The molecule has 0 spiro atoms. The molecule has 1 aliphatic rings. The lowest BCUT2D eigenvalue weighted by molar-refractivity contribution is -0.137. The number of allylic oxidation sites excluding steroid dienone is 1. The largest absolute Gasteiger partial charge is 0.485 e. The Morgan fingerprint density at radius 1 is 1.24 bits per heavy atom. The molecule has 1 amide bonds. The zero-order valence-electron chi connectivity index (χ0n) is 18.1. The zero-order valence-corrected chi connectivity index (χ0v) is 18.9. The molecule has 11 heteroatoms. The maximum Gasteiger partial charge on any atom is 0.416 e. The molecule has 2 atom stereocenters. The number of carbonyl (C=O) groups excluding carboxylic acids is 1. The fraction of sp³-hybridized carbons (Fsp3) is 0.261. The van der Waals surface area contributed by atoms with Crippen molar-refractivity contribution in [3.63, 3.8) is 0 Å². The van der Waals surface area contributed by atoms with Crippen LogP contribution in [0.4, 0.5) is 18.9 Å². The number of hydrogen-bond donors (Lipinski definition) is 1. The second-order valence-electron chi connectivity index (χ2n) is 7.43. The summed E-state index contributed by atoms with van der Waals surface area (Å²) in [7, 11) is 0. The first-order chi connectivity index (χ1) is 16.3. The summed E-state index contributed by atoms with van der Waals surface area (Å²) in [5.74, 6) is 1.40. The topological polar surface area (TPSA) is 78.3 Å². The first kappa shape index (κ1) is 23.7. The Labute approximate surface area is 198 Å². The minimum Gasteiger partial charge on any atom is -0.485 e. The Hall–Kier alpha value is -3.47. The summed E-state index contributed by atoms with van der Waals surface area (Å²) in [6.45, 7) is 6.09. The van der Waals surface area contributed by atoms with E-state index in [4.69, 9.17) is 9.47 Å². The normalized spacial score (nSPS) is 16.1. The van der Waals surface area contributed by atoms with E-state index >= 15 is 0 Å². The molecule has 0 radical (unpaired) electrons. The van der Waals surface area contributed by atoms with Crippen molar-refractivity contribution >= 4 is 23.4 Å². The number of anilines is 1. The highest BCUT2D eigenvalue weighted by Gasteiger charge is 2.31. The van der Waals surface area contributed by atoms with E-state index in [9.17, 15) is 18.0 Å². The van der Waals surface area contributed by atoms with Crippen LogP contribution in [-0.4, -0.2) is 32.5 Å². The van der Waals surface area contributed by atoms with E-state index in [1.54, 1.807) is 23.6 Å². The molecule has 178 valence electrons. The number of para-hydroxylation sites is 2. The number of ether oxygens (including phenoxy) is 2. The van der Waals surface area contributed by atoms with E-state index in [2.05, 4.69) is 22.1 Å². The molecule has 0 aliphatic carbocycles. The van der Waals surface area contributed by atoms with Gasteiger partial charge in [-0.3, -0.25) is 9.36 Å². The smallest absolute Gasteiger partial charge is 0.416 e. The van der Waals surface area contributed by atoms with Gasteiger partial charge in [-0.05, 0) is 43.3 Å². The van der Waals surface area contributed by atoms with Gasteiger partial charge in [-0.2, -0.15) is 13.2 Å². The van der Waals surface area contributed by atoms with Crippen LogP contribution in [0.3, 0.4) is 0 Å². The van der Waals surface area contributed by atoms with E-state index in [0.29, 0.717) is 29.0 Å². The van der Waals surface area contributed by atoms with Gasteiger partial charge in [0.2, 0.25) is 5.91 Å². The van der Waals surface area contributed by atoms with Crippen molar-refractivity contribution < 1.29 is 27.4 Å². The first-order valence-corrected chi connectivity index (χ1v) is 11.2. The molecule has 0 saturated heterocycles. The van der Waals surface area contributed by atoms with Crippen LogP contribution in [0.25, 0.3) is 0 Å². The van der Waals surface area contributed by atoms with E-state index in [1.165, 1.54) is 23.9 Å². The molecule has 1 aromatic heterocycles. The van der Waals surface area contributed by atoms with Crippen LogP contribution < -0.4 is 14.8 Å². The summed E-state index contributed by atoms with van der Waals surface area (Å²) in [5.41, 5.74) is -0.514. The molecule has 0 saturated carbocycles. The highest BCUT2D eigenvalue weighted by atomic mass is 32.2. The number of alkyl halides is 3. The minimum absolute atomic E-state index is 0.251. The Bertz CT molecular complexity index is 1180. The molecule has 7 nitrogen and oxygen atoms in total. The maximum atomic E-state index is 12.7. The number of thioether (sulfide) groups is 1. The summed E-state index contributed by atoms with van der Waals surface area (Å²) in [6.07, 6.45) is -3.25. The van der Waals surface area contributed by atoms with Gasteiger partial charge in [0.15, 0.2) is 28.6 Å².